The minimum Gasteiger partial charge on any atom is -0.345 e. The van der Waals surface area contributed by atoms with E-state index in [9.17, 15) is 24.1 Å². The highest BCUT2D eigenvalue weighted by Crippen LogP contribution is 2.23. The van der Waals surface area contributed by atoms with E-state index in [4.69, 9.17) is 0 Å². The van der Waals surface area contributed by atoms with Crippen molar-refractivity contribution in [1.82, 2.24) is 5.32 Å². The summed E-state index contributed by atoms with van der Waals surface area (Å²) in [5.74, 6) is -1.76. The van der Waals surface area contributed by atoms with Gasteiger partial charge >= 0.3 is 0 Å². The summed E-state index contributed by atoms with van der Waals surface area (Å²) in [6.45, 7) is 0. The number of non-ortho nitro benzene ring substituents is 1. The van der Waals surface area contributed by atoms with E-state index in [-0.39, 0.29) is 23.7 Å². The third-order valence-corrected chi connectivity index (χ3v) is 4.37. The molecule has 3 aromatic carbocycles. The number of halogens is 1. The van der Waals surface area contributed by atoms with Gasteiger partial charge in [-0.1, -0.05) is 48.5 Å². The van der Waals surface area contributed by atoms with Crippen LogP contribution in [0.2, 0.25) is 0 Å². The monoisotopic (exact) mass is 407 g/mol. The van der Waals surface area contributed by atoms with Crippen molar-refractivity contribution in [3.05, 3.63) is 106 Å². The molecule has 2 amide bonds. The summed E-state index contributed by atoms with van der Waals surface area (Å²) in [5, 5.41) is 16.0. The summed E-state index contributed by atoms with van der Waals surface area (Å²) in [4.78, 5) is 35.3. The van der Waals surface area contributed by atoms with Gasteiger partial charge < -0.3 is 10.6 Å². The molecule has 0 saturated carbocycles. The molecule has 0 aliphatic heterocycles. The van der Waals surface area contributed by atoms with Crippen LogP contribution in [0.1, 0.15) is 28.4 Å². The Morgan fingerprint density at radius 2 is 1.60 bits per heavy atom. The maximum absolute atomic E-state index is 14.0. The Bertz CT molecular complexity index is 1060. The van der Waals surface area contributed by atoms with E-state index in [1.165, 1.54) is 0 Å². The molecule has 1 unspecified atom stereocenters. The van der Waals surface area contributed by atoms with E-state index in [2.05, 4.69) is 10.6 Å². The lowest BCUT2D eigenvalue weighted by atomic mass is 10.0. The van der Waals surface area contributed by atoms with E-state index >= 15 is 0 Å². The van der Waals surface area contributed by atoms with E-state index in [0.29, 0.717) is 11.1 Å². The maximum Gasteiger partial charge on any atom is 0.271 e. The van der Waals surface area contributed by atoms with Gasteiger partial charge in [0.05, 0.1) is 23.1 Å². The summed E-state index contributed by atoms with van der Waals surface area (Å²) in [6.07, 6.45) is -0.190. The minimum atomic E-state index is -0.793. The second kappa shape index (κ2) is 9.42. The molecule has 0 fully saturated rings. The number of nitro benzene ring substituents is 1. The molecular formula is C22H18FN3O4. The van der Waals surface area contributed by atoms with Gasteiger partial charge in [-0.25, -0.2) is 4.39 Å². The average molecular weight is 407 g/mol. The molecule has 152 valence electrons. The van der Waals surface area contributed by atoms with Crippen molar-refractivity contribution in [3.8, 4) is 0 Å². The van der Waals surface area contributed by atoms with Crippen molar-refractivity contribution >= 4 is 23.2 Å². The topological polar surface area (TPSA) is 101 Å². The SMILES string of the molecule is O=C(CC(NC(=O)c1ccccc1)c1ccccc1)Nc1cc([N+](=O)[O-])ccc1F. The summed E-state index contributed by atoms with van der Waals surface area (Å²) < 4.78 is 14.0. The number of nitrogens with zero attached hydrogens (tertiary/aromatic N) is 1. The number of carbonyl (C=O) groups is 2. The molecule has 0 aliphatic rings. The smallest absolute Gasteiger partial charge is 0.271 e. The van der Waals surface area contributed by atoms with Crippen LogP contribution in [-0.2, 0) is 4.79 Å². The van der Waals surface area contributed by atoms with Crippen LogP contribution in [0.15, 0.2) is 78.9 Å². The Kier molecular flexibility index (Phi) is 6.49. The van der Waals surface area contributed by atoms with Gasteiger partial charge in [-0.3, -0.25) is 19.7 Å². The number of nitro groups is 1. The Balaban J connectivity index is 1.78. The number of anilines is 1. The first-order chi connectivity index (χ1) is 14.4. The highest BCUT2D eigenvalue weighted by atomic mass is 19.1. The molecule has 2 N–H and O–H groups in total. The molecule has 0 bridgehead atoms. The molecule has 0 radical (unpaired) electrons. The summed E-state index contributed by atoms with van der Waals surface area (Å²) >= 11 is 0. The van der Waals surface area contributed by atoms with Crippen molar-refractivity contribution in [2.24, 2.45) is 0 Å². The Hall–Kier alpha value is -4.07. The highest BCUT2D eigenvalue weighted by molar-refractivity contribution is 5.96. The predicted molar refractivity (Wildman–Crippen MR) is 109 cm³/mol. The molecular weight excluding hydrogens is 389 g/mol. The third kappa shape index (κ3) is 5.26. The minimum absolute atomic E-state index is 0.190. The van der Waals surface area contributed by atoms with Crippen LogP contribution < -0.4 is 10.6 Å². The van der Waals surface area contributed by atoms with Gasteiger partial charge in [-0.15, -0.1) is 0 Å². The van der Waals surface area contributed by atoms with Gasteiger partial charge in [0.15, 0.2) is 0 Å². The maximum atomic E-state index is 14.0. The van der Waals surface area contributed by atoms with Gasteiger partial charge in [0.25, 0.3) is 11.6 Å². The molecule has 7 nitrogen and oxygen atoms in total. The number of rotatable bonds is 7. The molecule has 0 heterocycles. The molecule has 0 saturated heterocycles. The van der Waals surface area contributed by atoms with Crippen LogP contribution in [-0.4, -0.2) is 16.7 Å². The average Bonchev–Trinajstić information content (AvgIpc) is 2.76. The first-order valence-corrected chi connectivity index (χ1v) is 9.08. The van der Waals surface area contributed by atoms with Crippen molar-refractivity contribution < 1.29 is 18.9 Å². The number of benzene rings is 3. The lowest BCUT2D eigenvalue weighted by Crippen LogP contribution is -2.31. The largest absolute Gasteiger partial charge is 0.345 e. The van der Waals surface area contributed by atoms with E-state index in [1.54, 1.807) is 60.7 Å². The first kappa shape index (κ1) is 20.7. The second-order valence-electron chi connectivity index (χ2n) is 6.48. The van der Waals surface area contributed by atoms with E-state index in [0.717, 1.165) is 18.2 Å². The van der Waals surface area contributed by atoms with Crippen molar-refractivity contribution in [1.29, 1.82) is 0 Å². The van der Waals surface area contributed by atoms with Gasteiger partial charge in [0.2, 0.25) is 5.91 Å². The fourth-order valence-corrected chi connectivity index (χ4v) is 2.88. The van der Waals surface area contributed by atoms with Gasteiger partial charge in [-0.05, 0) is 23.8 Å². The first-order valence-electron chi connectivity index (χ1n) is 9.08. The van der Waals surface area contributed by atoms with Crippen molar-refractivity contribution in [2.45, 2.75) is 12.5 Å². The van der Waals surface area contributed by atoms with Crippen molar-refractivity contribution in [3.63, 3.8) is 0 Å². The van der Waals surface area contributed by atoms with Crippen LogP contribution in [0.3, 0.4) is 0 Å². The molecule has 1 atom stereocenters. The molecule has 0 aliphatic carbocycles. The standard InChI is InChI=1S/C22H18FN3O4/c23-18-12-11-17(26(29)30)13-20(18)24-21(27)14-19(15-7-3-1-4-8-15)25-22(28)16-9-5-2-6-10-16/h1-13,19H,14H2,(H,24,27)(H,25,28). The van der Waals surface area contributed by atoms with Gasteiger partial charge in [-0.2, -0.15) is 0 Å². The lowest BCUT2D eigenvalue weighted by molar-refractivity contribution is -0.384. The van der Waals surface area contributed by atoms with E-state index in [1.807, 2.05) is 0 Å². The van der Waals surface area contributed by atoms with Crippen LogP contribution >= 0.6 is 0 Å². The number of hydrogen-bond donors (Lipinski definition) is 2. The van der Waals surface area contributed by atoms with Crippen LogP contribution in [0.5, 0.6) is 0 Å². The van der Waals surface area contributed by atoms with Crippen LogP contribution in [0.4, 0.5) is 15.8 Å². The highest BCUT2D eigenvalue weighted by Gasteiger charge is 2.21. The summed E-state index contributed by atoms with van der Waals surface area (Å²) in [6, 6.07) is 19.6. The third-order valence-electron chi connectivity index (χ3n) is 4.37. The molecule has 0 spiro atoms. The molecule has 0 aromatic heterocycles. The van der Waals surface area contributed by atoms with Gasteiger partial charge in [0.1, 0.15) is 5.82 Å². The zero-order valence-electron chi connectivity index (χ0n) is 15.7. The Morgan fingerprint density at radius 1 is 0.967 bits per heavy atom. The number of nitrogens with one attached hydrogen (secondary N) is 2. The molecule has 3 rings (SSSR count). The Labute approximate surface area is 171 Å². The number of amides is 2. The van der Waals surface area contributed by atoms with Crippen molar-refractivity contribution in [2.75, 3.05) is 5.32 Å². The summed E-state index contributed by atoms with van der Waals surface area (Å²) in [5.41, 5.74) is 0.485. The normalized spacial score (nSPS) is 11.4. The number of carbonyl (C=O) groups excluding carboxylic acids is 2. The zero-order valence-corrected chi connectivity index (χ0v) is 15.7. The van der Waals surface area contributed by atoms with Crippen LogP contribution in [0.25, 0.3) is 0 Å². The Morgan fingerprint density at radius 3 is 2.23 bits per heavy atom. The van der Waals surface area contributed by atoms with Gasteiger partial charge in [0, 0.05) is 17.7 Å². The zero-order chi connectivity index (χ0) is 21.5. The predicted octanol–water partition coefficient (Wildman–Crippen LogP) is 4.23. The molecule has 8 heteroatoms. The molecule has 30 heavy (non-hydrogen) atoms. The van der Waals surface area contributed by atoms with E-state index < -0.39 is 22.7 Å². The van der Waals surface area contributed by atoms with Crippen LogP contribution in [0, 0.1) is 15.9 Å². The lowest BCUT2D eigenvalue weighted by Gasteiger charge is -2.19. The fraction of sp³-hybridized carbons (Fsp3) is 0.0909. The second-order valence-corrected chi connectivity index (χ2v) is 6.48. The molecule has 3 aromatic rings. The summed E-state index contributed by atoms with van der Waals surface area (Å²) in [7, 11) is 0. The fourth-order valence-electron chi connectivity index (χ4n) is 2.88. The number of hydrogen-bond acceptors (Lipinski definition) is 4. The quantitative estimate of drug-likeness (QED) is 0.452.